The molecule has 3 aromatic rings. The van der Waals surface area contributed by atoms with Crippen LogP contribution in [-0.4, -0.2) is 36.5 Å². The number of halogens is 3. The van der Waals surface area contributed by atoms with Crippen molar-refractivity contribution < 1.29 is 31.1 Å². The zero-order valence-corrected chi connectivity index (χ0v) is 16.1. The number of ether oxygens (including phenoxy) is 1. The quantitative estimate of drug-likeness (QED) is 0.602. The van der Waals surface area contributed by atoms with Crippen molar-refractivity contribution in [3.8, 4) is 11.1 Å². The number of nitrogens with zero attached hydrogens (tertiary/aromatic N) is 1. The molecule has 1 N–H and O–H groups in total. The number of fused-ring (bicyclic) bond motifs is 1. The van der Waals surface area contributed by atoms with Crippen molar-refractivity contribution in [2.24, 2.45) is 0 Å². The van der Waals surface area contributed by atoms with E-state index in [4.69, 9.17) is 4.74 Å². The number of hydrogen-bond donors (Lipinski definition) is 1. The van der Waals surface area contributed by atoms with Gasteiger partial charge in [-0.2, -0.15) is 13.2 Å². The number of benzene rings is 1. The van der Waals surface area contributed by atoms with Crippen molar-refractivity contribution in [2.45, 2.75) is 30.3 Å². The molecule has 29 heavy (non-hydrogen) atoms. The van der Waals surface area contributed by atoms with Gasteiger partial charge >= 0.3 is 11.5 Å². The topological polar surface area (TPSA) is 89.1 Å². The first-order valence-electron chi connectivity index (χ1n) is 8.67. The van der Waals surface area contributed by atoms with E-state index in [1.807, 2.05) is 0 Å². The molecule has 0 unspecified atom stereocenters. The molecule has 0 aliphatic rings. The van der Waals surface area contributed by atoms with E-state index >= 15 is 0 Å². The van der Waals surface area contributed by atoms with Crippen LogP contribution in [0.1, 0.15) is 18.9 Å². The molecule has 0 saturated carbocycles. The zero-order valence-electron chi connectivity index (χ0n) is 15.3. The largest absolute Gasteiger partial charge is 0.503 e. The summed E-state index contributed by atoms with van der Waals surface area (Å²) in [7, 11) is -5.66. The lowest BCUT2D eigenvalue weighted by atomic mass is 10.0. The van der Waals surface area contributed by atoms with E-state index < -0.39 is 26.3 Å². The number of nitrogens with one attached hydrogen (secondary N) is 1. The minimum absolute atomic E-state index is 0.00280. The van der Waals surface area contributed by atoms with E-state index in [9.17, 15) is 26.4 Å². The number of carbonyl (C=O) groups is 1. The number of sulfone groups is 1. The van der Waals surface area contributed by atoms with Crippen molar-refractivity contribution in [2.75, 3.05) is 6.61 Å². The Morgan fingerprint density at radius 3 is 2.66 bits per heavy atom. The smallest absolute Gasteiger partial charge is 0.466 e. The summed E-state index contributed by atoms with van der Waals surface area (Å²) >= 11 is 0. The zero-order chi connectivity index (χ0) is 21.2. The van der Waals surface area contributed by atoms with Gasteiger partial charge < -0.3 is 9.72 Å². The molecule has 0 spiro atoms. The van der Waals surface area contributed by atoms with Gasteiger partial charge in [-0.05, 0) is 54.1 Å². The van der Waals surface area contributed by atoms with Gasteiger partial charge in [-0.1, -0.05) is 6.07 Å². The highest BCUT2D eigenvalue weighted by molar-refractivity contribution is 7.92. The lowest BCUT2D eigenvalue weighted by Crippen LogP contribution is -2.25. The Labute approximate surface area is 164 Å². The Hall–Kier alpha value is -2.88. The molecule has 6 nitrogen and oxygen atoms in total. The van der Waals surface area contributed by atoms with Crippen LogP contribution < -0.4 is 0 Å². The summed E-state index contributed by atoms with van der Waals surface area (Å²) < 4.78 is 68.4. The third-order valence-corrected chi connectivity index (χ3v) is 5.70. The SMILES string of the molecule is CCOC(=O)CCc1cnc(S(=O)(=O)C(F)(F)F)c(-c2ccc3[nH]ccc3c2)c1. The first-order chi connectivity index (χ1) is 13.6. The van der Waals surface area contributed by atoms with E-state index in [0.29, 0.717) is 10.9 Å². The lowest BCUT2D eigenvalue weighted by Gasteiger charge is -2.14. The summed E-state index contributed by atoms with van der Waals surface area (Å²) in [6, 6.07) is 7.77. The van der Waals surface area contributed by atoms with Gasteiger partial charge in [0.15, 0.2) is 5.03 Å². The van der Waals surface area contributed by atoms with E-state index in [2.05, 4.69) is 9.97 Å². The second-order valence-corrected chi connectivity index (χ2v) is 8.09. The average molecular weight is 426 g/mol. The number of rotatable bonds is 6. The van der Waals surface area contributed by atoms with Gasteiger partial charge in [0.05, 0.1) is 6.61 Å². The maximum Gasteiger partial charge on any atom is 0.503 e. The highest BCUT2D eigenvalue weighted by atomic mass is 32.2. The van der Waals surface area contributed by atoms with Crippen LogP contribution in [0.15, 0.2) is 47.8 Å². The Morgan fingerprint density at radius 2 is 1.97 bits per heavy atom. The second kappa shape index (κ2) is 7.86. The van der Waals surface area contributed by atoms with Gasteiger partial charge in [-0.25, -0.2) is 13.4 Å². The molecule has 0 fully saturated rings. The molecule has 0 atom stereocenters. The Kier molecular flexibility index (Phi) is 5.65. The van der Waals surface area contributed by atoms with Gasteiger partial charge in [0.1, 0.15) is 0 Å². The van der Waals surface area contributed by atoms with Crippen molar-refractivity contribution in [1.29, 1.82) is 0 Å². The summed E-state index contributed by atoms with van der Waals surface area (Å²) in [6.45, 7) is 1.87. The number of pyridine rings is 1. The van der Waals surface area contributed by atoms with E-state index in [1.165, 1.54) is 12.1 Å². The molecule has 0 radical (unpaired) electrons. The number of H-pyrrole nitrogens is 1. The monoisotopic (exact) mass is 426 g/mol. The standard InChI is InChI=1S/C19H17F3N2O4S/c1-2-28-17(25)6-3-12-9-15(13-4-5-16-14(10-13)7-8-23-16)18(24-11-12)29(26,27)19(20,21)22/h4-5,7-11,23H,2-3,6H2,1H3. The second-order valence-electron chi connectivity index (χ2n) is 6.23. The van der Waals surface area contributed by atoms with Crippen LogP contribution in [0.25, 0.3) is 22.0 Å². The van der Waals surface area contributed by atoms with Crippen molar-refractivity contribution in [1.82, 2.24) is 9.97 Å². The maximum absolute atomic E-state index is 13.2. The number of aromatic nitrogens is 2. The molecule has 2 heterocycles. The summed E-state index contributed by atoms with van der Waals surface area (Å²) in [6.07, 6.45) is 2.85. The van der Waals surface area contributed by atoms with Gasteiger partial charge in [0, 0.05) is 29.9 Å². The van der Waals surface area contributed by atoms with Crippen LogP contribution in [0.2, 0.25) is 0 Å². The molecule has 154 valence electrons. The molecule has 0 amide bonds. The first kappa shape index (κ1) is 20.8. The molecule has 1 aromatic carbocycles. The number of alkyl halides is 3. The lowest BCUT2D eigenvalue weighted by molar-refractivity contribution is -0.143. The molecule has 0 aliphatic carbocycles. The van der Waals surface area contributed by atoms with Crippen molar-refractivity contribution >= 4 is 26.7 Å². The van der Waals surface area contributed by atoms with E-state index in [1.54, 1.807) is 31.3 Å². The Morgan fingerprint density at radius 1 is 1.21 bits per heavy atom. The number of aryl methyl sites for hydroxylation is 1. The van der Waals surface area contributed by atoms with Gasteiger partial charge in [-0.15, -0.1) is 0 Å². The normalized spacial score (nSPS) is 12.3. The van der Waals surface area contributed by atoms with Gasteiger partial charge in [-0.3, -0.25) is 4.79 Å². The number of aromatic amines is 1. The fourth-order valence-corrected chi connectivity index (χ4v) is 3.74. The third kappa shape index (κ3) is 4.26. The van der Waals surface area contributed by atoms with E-state index in [0.717, 1.165) is 11.7 Å². The highest BCUT2D eigenvalue weighted by Gasteiger charge is 2.49. The van der Waals surface area contributed by atoms with E-state index in [-0.39, 0.29) is 30.6 Å². The predicted molar refractivity (Wildman–Crippen MR) is 99.7 cm³/mol. The molecule has 0 aliphatic heterocycles. The molecular formula is C19H17F3N2O4S. The fraction of sp³-hybridized carbons (Fsp3) is 0.263. The van der Waals surface area contributed by atoms with Gasteiger partial charge in [0.25, 0.3) is 9.84 Å². The van der Waals surface area contributed by atoms with Crippen LogP contribution in [0.4, 0.5) is 13.2 Å². The molecule has 10 heteroatoms. The molecule has 2 aromatic heterocycles. The van der Waals surface area contributed by atoms with Crippen LogP contribution >= 0.6 is 0 Å². The minimum atomic E-state index is -5.66. The van der Waals surface area contributed by atoms with Crippen LogP contribution in [0.3, 0.4) is 0 Å². The Balaban J connectivity index is 2.10. The number of esters is 1. The molecule has 0 bridgehead atoms. The summed E-state index contributed by atoms with van der Waals surface area (Å²) in [5, 5.41) is -0.366. The highest BCUT2D eigenvalue weighted by Crippen LogP contribution is 2.36. The average Bonchev–Trinajstić information content (AvgIpc) is 3.13. The summed E-state index contributed by atoms with van der Waals surface area (Å²) in [4.78, 5) is 18.1. The summed E-state index contributed by atoms with van der Waals surface area (Å²) in [5.74, 6) is -0.463. The van der Waals surface area contributed by atoms with Crippen molar-refractivity contribution in [3.05, 3.63) is 48.3 Å². The minimum Gasteiger partial charge on any atom is -0.466 e. The molecular weight excluding hydrogens is 409 g/mol. The Bertz CT molecular complexity index is 1150. The third-order valence-electron chi connectivity index (χ3n) is 4.25. The number of hydrogen-bond acceptors (Lipinski definition) is 5. The van der Waals surface area contributed by atoms with Crippen LogP contribution in [0, 0.1) is 0 Å². The maximum atomic E-state index is 13.2. The van der Waals surface area contributed by atoms with Gasteiger partial charge in [0.2, 0.25) is 0 Å². The summed E-state index contributed by atoms with van der Waals surface area (Å²) in [5.41, 5.74) is -4.22. The van der Waals surface area contributed by atoms with Crippen LogP contribution in [0.5, 0.6) is 0 Å². The van der Waals surface area contributed by atoms with Crippen LogP contribution in [-0.2, 0) is 25.8 Å². The molecule has 0 saturated heterocycles. The molecule has 3 rings (SSSR count). The number of carbonyl (C=O) groups excluding carboxylic acids is 1. The first-order valence-corrected chi connectivity index (χ1v) is 10.1. The predicted octanol–water partition coefficient (Wildman–Crippen LogP) is 4.02. The van der Waals surface area contributed by atoms with Crippen molar-refractivity contribution in [3.63, 3.8) is 0 Å². The fourth-order valence-electron chi connectivity index (χ4n) is 2.86.